The zero-order valence-electron chi connectivity index (χ0n) is 10.9. The van der Waals surface area contributed by atoms with Crippen LogP contribution in [0, 0.1) is 6.92 Å². The number of fused-ring (bicyclic) bond motifs is 3. The number of ether oxygens (including phenoxy) is 1. The minimum Gasteiger partial charge on any atom is -0.450 e. The SMILES string of the molecule is CCOC(=O)N1CCc2c(sc3nc(C)cn23)C1.Cl. The van der Waals surface area contributed by atoms with Crippen LogP contribution in [0.2, 0.25) is 0 Å². The molecule has 0 saturated heterocycles. The molecule has 0 aromatic carbocycles. The number of aromatic nitrogens is 2. The van der Waals surface area contributed by atoms with Crippen LogP contribution in [0.25, 0.3) is 4.96 Å². The second-order valence-electron chi connectivity index (χ2n) is 4.38. The van der Waals surface area contributed by atoms with Gasteiger partial charge in [-0.1, -0.05) is 11.3 Å². The van der Waals surface area contributed by atoms with Gasteiger partial charge in [0.2, 0.25) is 0 Å². The Labute approximate surface area is 121 Å². The zero-order chi connectivity index (χ0) is 12.7. The first-order chi connectivity index (χ1) is 8.69. The van der Waals surface area contributed by atoms with Gasteiger partial charge in [-0.2, -0.15) is 0 Å². The fourth-order valence-electron chi connectivity index (χ4n) is 2.29. The van der Waals surface area contributed by atoms with E-state index in [0.717, 1.165) is 23.6 Å². The maximum atomic E-state index is 11.7. The number of carbonyl (C=O) groups excluding carboxylic acids is 1. The molecule has 0 N–H and O–H groups in total. The number of rotatable bonds is 1. The summed E-state index contributed by atoms with van der Waals surface area (Å²) >= 11 is 1.66. The Morgan fingerprint density at radius 2 is 2.37 bits per heavy atom. The van der Waals surface area contributed by atoms with E-state index in [1.54, 1.807) is 16.2 Å². The van der Waals surface area contributed by atoms with E-state index >= 15 is 0 Å². The molecular formula is C12H16ClN3O2S. The van der Waals surface area contributed by atoms with Gasteiger partial charge in [-0.25, -0.2) is 9.78 Å². The smallest absolute Gasteiger partial charge is 0.410 e. The molecule has 7 heteroatoms. The predicted octanol–water partition coefficient (Wildman–Crippen LogP) is 2.64. The largest absolute Gasteiger partial charge is 0.450 e. The van der Waals surface area contributed by atoms with Gasteiger partial charge in [-0.05, 0) is 13.8 Å². The Kier molecular flexibility index (Phi) is 4.01. The molecule has 0 atom stereocenters. The lowest BCUT2D eigenvalue weighted by Crippen LogP contribution is -2.36. The van der Waals surface area contributed by atoms with Crippen LogP contribution in [0.15, 0.2) is 6.20 Å². The van der Waals surface area contributed by atoms with E-state index in [9.17, 15) is 4.79 Å². The molecule has 5 nitrogen and oxygen atoms in total. The average Bonchev–Trinajstić information content (AvgIpc) is 2.84. The summed E-state index contributed by atoms with van der Waals surface area (Å²) in [6, 6.07) is 0. The van der Waals surface area contributed by atoms with Gasteiger partial charge in [0.25, 0.3) is 0 Å². The van der Waals surface area contributed by atoms with Crippen LogP contribution in [-0.2, 0) is 17.7 Å². The number of carbonyl (C=O) groups is 1. The maximum Gasteiger partial charge on any atom is 0.410 e. The number of halogens is 1. The van der Waals surface area contributed by atoms with Crippen molar-refractivity contribution in [1.29, 1.82) is 0 Å². The van der Waals surface area contributed by atoms with E-state index in [4.69, 9.17) is 4.74 Å². The fourth-order valence-corrected chi connectivity index (χ4v) is 3.50. The summed E-state index contributed by atoms with van der Waals surface area (Å²) in [4.78, 5) is 20.2. The molecule has 2 aromatic heterocycles. The third kappa shape index (κ3) is 2.42. The summed E-state index contributed by atoms with van der Waals surface area (Å²) in [6.07, 6.45) is 2.71. The van der Waals surface area contributed by atoms with Gasteiger partial charge in [0.15, 0.2) is 4.96 Å². The normalized spacial score (nSPS) is 14.1. The van der Waals surface area contributed by atoms with E-state index in [1.807, 2.05) is 13.8 Å². The first kappa shape index (κ1) is 14.1. The summed E-state index contributed by atoms with van der Waals surface area (Å²) in [6.45, 7) is 5.61. The molecule has 0 bridgehead atoms. The van der Waals surface area contributed by atoms with Crippen LogP contribution in [0.4, 0.5) is 4.79 Å². The van der Waals surface area contributed by atoms with Gasteiger partial charge in [0.05, 0.1) is 18.8 Å². The Balaban J connectivity index is 0.00000133. The van der Waals surface area contributed by atoms with Gasteiger partial charge in [0, 0.05) is 29.7 Å². The topological polar surface area (TPSA) is 46.8 Å². The Morgan fingerprint density at radius 1 is 1.58 bits per heavy atom. The summed E-state index contributed by atoms with van der Waals surface area (Å²) in [5, 5.41) is 0. The molecule has 2 aromatic rings. The highest BCUT2D eigenvalue weighted by Crippen LogP contribution is 2.28. The fraction of sp³-hybridized carbons (Fsp3) is 0.500. The number of hydrogen-bond donors (Lipinski definition) is 0. The predicted molar refractivity (Wildman–Crippen MR) is 76.2 cm³/mol. The quantitative estimate of drug-likeness (QED) is 0.813. The molecule has 104 valence electrons. The molecule has 0 aliphatic carbocycles. The second kappa shape index (κ2) is 5.38. The van der Waals surface area contributed by atoms with Crippen molar-refractivity contribution in [2.45, 2.75) is 26.8 Å². The van der Waals surface area contributed by atoms with E-state index in [1.165, 1.54) is 10.6 Å². The highest BCUT2D eigenvalue weighted by Gasteiger charge is 2.25. The number of amides is 1. The molecule has 3 heterocycles. The van der Waals surface area contributed by atoms with E-state index in [0.29, 0.717) is 13.2 Å². The molecular weight excluding hydrogens is 286 g/mol. The summed E-state index contributed by atoms with van der Waals surface area (Å²) in [7, 11) is 0. The summed E-state index contributed by atoms with van der Waals surface area (Å²) in [5.41, 5.74) is 2.33. The molecule has 3 rings (SSSR count). The minimum absolute atomic E-state index is 0. The lowest BCUT2D eigenvalue weighted by atomic mass is 10.2. The maximum absolute atomic E-state index is 11.7. The molecule has 0 radical (unpaired) electrons. The minimum atomic E-state index is -0.217. The van der Waals surface area contributed by atoms with Gasteiger partial charge in [-0.15, -0.1) is 12.4 Å². The van der Waals surface area contributed by atoms with Crippen molar-refractivity contribution in [2.24, 2.45) is 0 Å². The van der Waals surface area contributed by atoms with E-state index in [2.05, 4.69) is 15.6 Å². The highest BCUT2D eigenvalue weighted by molar-refractivity contribution is 7.17. The third-order valence-electron chi connectivity index (χ3n) is 3.10. The molecule has 1 aliphatic heterocycles. The van der Waals surface area contributed by atoms with Crippen molar-refractivity contribution < 1.29 is 9.53 Å². The first-order valence-electron chi connectivity index (χ1n) is 6.07. The van der Waals surface area contributed by atoms with Crippen molar-refractivity contribution in [2.75, 3.05) is 13.2 Å². The molecule has 0 spiro atoms. The monoisotopic (exact) mass is 301 g/mol. The van der Waals surface area contributed by atoms with Crippen molar-refractivity contribution in [3.8, 4) is 0 Å². The van der Waals surface area contributed by atoms with Crippen LogP contribution < -0.4 is 0 Å². The second-order valence-corrected chi connectivity index (χ2v) is 5.44. The molecule has 0 fully saturated rings. The Morgan fingerprint density at radius 3 is 3.11 bits per heavy atom. The average molecular weight is 302 g/mol. The summed E-state index contributed by atoms with van der Waals surface area (Å²) in [5.74, 6) is 0. The van der Waals surface area contributed by atoms with Crippen molar-refractivity contribution in [3.05, 3.63) is 22.5 Å². The molecule has 0 saturated carbocycles. The Hall–Kier alpha value is -1.27. The zero-order valence-corrected chi connectivity index (χ0v) is 12.5. The van der Waals surface area contributed by atoms with Crippen LogP contribution in [0.5, 0.6) is 0 Å². The van der Waals surface area contributed by atoms with Crippen molar-refractivity contribution in [3.63, 3.8) is 0 Å². The molecule has 1 amide bonds. The van der Waals surface area contributed by atoms with Crippen LogP contribution >= 0.6 is 23.7 Å². The van der Waals surface area contributed by atoms with Gasteiger partial charge < -0.3 is 9.64 Å². The molecule has 0 unspecified atom stereocenters. The lowest BCUT2D eigenvalue weighted by molar-refractivity contribution is 0.103. The van der Waals surface area contributed by atoms with Gasteiger partial charge >= 0.3 is 6.09 Å². The summed E-state index contributed by atoms with van der Waals surface area (Å²) < 4.78 is 7.19. The number of hydrogen-bond acceptors (Lipinski definition) is 4. The molecule has 19 heavy (non-hydrogen) atoms. The standard InChI is InChI=1S/C12H15N3O2S.ClH/c1-3-17-12(16)14-5-4-9-10(7-14)18-11-13-8(2)6-15(9)11;/h6H,3-5,7H2,1-2H3;1H. The van der Waals surface area contributed by atoms with Crippen LogP contribution in [0.3, 0.4) is 0 Å². The van der Waals surface area contributed by atoms with Crippen LogP contribution in [-0.4, -0.2) is 33.5 Å². The lowest BCUT2D eigenvalue weighted by Gasteiger charge is -2.25. The van der Waals surface area contributed by atoms with Crippen molar-refractivity contribution in [1.82, 2.24) is 14.3 Å². The van der Waals surface area contributed by atoms with E-state index in [-0.39, 0.29) is 18.5 Å². The Bertz CT molecular complexity index is 607. The first-order valence-corrected chi connectivity index (χ1v) is 6.88. The highest BCUT2D eigenvalue weighted by atomic mass is 35.5. The van der Waals surface area contributed by atoms with Crippen molar-refractivity contribution >= 4 is 34.8 Å². The number of aryl methyl sites for hydroxylation is 1. The third-order valence-corrected chi connectivity index (χ3v) is 4.18. The molecule has 1 aliphatic rings. The van der Waals surface area contributed by atoms with Crippen LogP contribution in [0.1, 0.15) is 23.2 Å². The number of imidazole rings is 1. The van der Waals surface area contributed by atoms with Gasteiger partial charge in [0.1, 0.15) is 0 Å². The van der Waals surface area contributed by atoms with E-state index < -0.39 is 0 Å². The number of thiazole rings is 1. The number of nitrogens with zero attached hydrogens (tertiary/aromatic N) is 3. The van der Waals surface area contributed by atoms with Gasteiger partial charge in [-0.3, -0.25) is 4.40 Å².